The summed E-state index contributed by atoms with van der Waals surface area (Å²) in [7, 11) is -2.24. The Labute approximate surface area is 181 Å². The van der Waals surface area contributed by atoms with Crippen LogP contribution in [0, 0.1) is 13.8 Å². The van der Waals surface area contributed by atoms with E-state index in [9.17, 15) is 13.2 Å². The Balaban J connectivity index is 1.88. The Morgan fingerprint density at radius 1 is 1.27 bits per heavy atom. The van der Waals surface area contributed by atoms with Gasteiger partial charge in [0.05, 0.1) is 29.5 Å². The lowest BCUT2D eigenvalue weighted by molar-refractivity contribution is -0.0440. The predicted octanol–water partition coefficient (Wildman–Crippen LogP) is 3.01. The predicted molar refractivity (Wildman–Crippen MR) is 112 cm³/mol. The monoisotopic (exact) mass is 455 g/mol. The zero-order chi connectivity index (χ0) is 22.2. The van der Waals surface area contributed by atoms with Crippen LogP contribution in [0.25, 0.3) is 0 Å². The summed E-state index contributed by atoms with van der Waals surface area (Å²) in [5.41, 5.74) is 1.77. The quantitative estimate of drug-likeness (QED) is 0.688. The molecule has 1 aliphatic heterocycles. The van der Waals surface area contributed by atoms with Crippen LogP contribution in [0.5, 0.6) is 0 Å². The van der Waals surface area contributed by atoms with Gasteiger partial charge in [-0.2, -0.15) is 4.31 Å². The fraction of sp³-hybridized carbons (Fsp3) is 0.500. The van der Waals surface area contributed by atoms with E-state index in [0.29, 0.717) is 18.0 Å². The largest absolute Gasteiger partial charge is 0.373 e. The minimum atomic E-state index is -3.88. The Hall–Kier alpha value is -1.94. The second-order valence-corrected chi connectivity index (χ2v) is 10.0. The van der Waals surface area contributed by atoms with Crippen LogP contribution < -0.4 is 0 Å². The van der Waals surface area contributed by atoms with Gasteiger partial charge >= 0.3 is 0 Å². The molecule has 2 heterocycles. The molecule has 1 aromatic heterocycles. The molecule has 1 aromatic carbocycles. The van der Waals surface area contributed by atoms with Crippen molar-refractivity contribution in [1.82, 2.24) is 14.4 Å². The lowest BCUT2D eigenvalue weighted by atomic mass is 10.1. The van der Waals surface area contributed by atoms with E-state index in [4.69, 9.17) is 20.9 Å². The van der Waals surface area contributed by atoms with Gasteiger partial charge in [0, 0.05) is 31.3 Å². The topological polar surface area (TPSA) is 93.0 Å². The van der Waals surface area contributed by atoms with Crippen molar-refractivity contribution in [3.05, 3.63) is 45.8 Å². The number of amides is 1. The SMILES string of the molecule is Cc1noc(C)c1CN(C)C(=O)c1ccc(Cl)c(S(=O)(=O)N2CC(C)OC(C)C2)c1. The van der Waals surface area contributed by atoms with Crippen molar-refractivity contribution < 1.29 is 22.5 Å². The van der Waals surface area contributed by atoms with Crippen LogP contribution in [0.1, 0.15) is 41.2 Å². The maximum absolute atomic E-state index is 13.2. The van der Waals surface area contributed by atoms with Gasteiger partial charge in [-0.1, -0.05) is 16.8 Å². The van der Waals surface area contributed by atoms with Crippen molar-refractivity contribution in [2.75, 3.05) is 20.1 Å². The van der Waals surface area contributed by atoms with Crippen LogP contribution in [0.4, 0.5) is 0 Å². The van der Waals surface area contributed by atoms with Gasteiger partial charge in [0.25, 0.3) is 5.91 Å². The van der Waals surface area contributed by atoms with Crippen molar-refractivity contribution in [2.45, 2.75) is 51.3 Å². The number of hydrogen-bond donors (Lipinski definition) is 0. The molecule has 3 rings (SSSR count). The molecule has 30 heavy (non-hydrogen) atoms. The zero-order valence-corrected chi connectivity index (χ0v) is 19.2. The van der Waals surface area contributed by atoms with E-state index in [1.807, 2.05) is 13.8 Å². The second-order valence-electron chi connectivity index (χ2n) is 7.69. The first-order chi connectivity index (χ1) is 14.0. The van der Waals surface area contributed by atoms with Crippen molar-refractivity contribution in [3.8, 4) is 0 Å². The third kappa shape index (κ3) is 4.54. The van der Waals surface area contributed by atoms with E-state index in [1.165, 1.54) is 27.4 Å². The second kappa shape index (κ2) is 8.66. The number of morpholine rings is 1. The third-order valence-corrected chi connectivity index (χ3v) is 7.42. The van der Waals surface area contributed by atoms with Gasteiger partial charge in [-0.05, 0) is 45.9 Å². The summed E-state index contributed by atoms with van der Waals surface area (Å²) < 4.78 is 38.6. The molecule has 0 aliphatic carbocycles. The molecule has 2 aromatic rings. The van der Waals surface area contributed by atoms with Gasteiger partial charge in [0.1, 0.15) is 10.7 Å². The fourth-order valence-corrected chi connectivity index (χ4v) is 5.65. The van der Waals surface area contributed by atoms with Crippen LogP contribution in [-0.4, -0.2) is 61.0 Å². The van der Waals surface area contributed by atoms with Gasteiger partial charge in [0.15, 0.2) is 0 Å². The standard InChI is InChI=1S/C20H26ClN3O5S/c1-12-9-24(10-13(2)28-12)30(26,27)19-8-16(6-7-18(19)21)20(25)23(5)11-17-14(3)22-29-15(17)4/h6-8,12-13H,9-11H2,1-5H3. The molecule has 0 saturated carbocycles. The summed E-state index contributed by atoms with van der Waals surface area (Å²) in [5.74, 6) is 0.314. The lowest BCUT2D eigenvalue weighted by Gasteiger charge is -2.34. The number of ether oxygens (including phenoxy) is 1. The van der Waals surface area contributed by atoms with Crippen molar-refractivity contribution in [1.29, 1.82) is 0 Å². The molecule has 2 atom stereocenters. The highest BCUT2D eigenvalue weighted by Crippen LogP contribution is 2.28. The number of rotatable bonds is 5. The summed E-state index contributed by atoms with van der Waals surface area (Å²) in [6.07, 6.45) is -0.457. The minimum absolute atomic E-state index is 0.0757. The molecule has 1 fully saturated rings. The van der Waals surface area contributed by atoms with Gasteiger partial charge in [-0.15, -0.1) is 0 Å². The van der Waals surface area contributed by atoms with E-state index in [2.05, 4.69) is 5.16 Å². The molecule has 0 radical (unpaired) electrons. The first-order valence-corrected chi connectivity index (χ1v) is 11.4. The number of carbonyl (C=O) groups excluding carboxylic acids is 1. The van der Waals surface area contributed by atoms with E-state index < -0.39 is 10.0 Å². The summed E-state index contributed by atoms with van der Waals surface area (Å²) in [5, 5.41) is 3.97. The van der Waals surface area contributed by atoms with Gasteiger partial charge < -0.3 is 14.2 Å². The molecule has 164 valence electrons. The molecule has 1 aliphatic rings. The number of hydrogen-bond acceptors (Lipinski definition) is 6. The number of aromatic nitrogens is 1. The van der Waals surface area contributed by atoms with Crippen molar-refractivity contribution >= 4 is 27.5 Å². The zero-order valence-electron chi connectivity index (χ0n) is 17.7. The lowest BCUT2D eigenvalue weighted by Crippen LogP contribution is -2.48. The van der Waals surface area contributed by atoms with Crippen LogP contribution in [0.2, 0.25) is 5.02 Å². The Kier molecular flexibility index (Phi) is 6.57. The average molecular weight is 456 g/mol. The molecule has 1 saturated heterocycles. The molecule has 10 heteroatoms. The van der Waals surface area contributed by atoms with Crippen LogP contribution >= 0.6 is 11.6 Å². The molecule has 0 N–H and O–H groups in total. The summed E-state index contributed by atoms with van der Waals surface area (Å²) in [6, 6.07) is 4.31. The smallest absolute Gasteiger partial charge is 0.253 e. The molecule has 0 bridgehead atoms. The fourth-order valence-electron chi connectivity index (χ4n) is 3.56. The van der Waals surface area contributed by atoms with E-state index >= 15 is 0 Å². The highest BCUT2D eigenvalue weighted by molar-refractivity contribution is 7.89. The number of benzene rings is 1. The average Bonchev–Trinajstić information content (AvgIpc) is 2.98. The van der Waals surface area contributed by atoms with Crippen molar-refractivity contribution in [2.24, 2.45) is 0 Å². The molecule has 2 unspecified atom stereocenters. The van der Waals surface area contributed by atoms with E-state index in [0.717, 1.165) is 5.56 Å². The number of carbonyl (C=O) groups is 1. The van der Waals surface area contributed by atoms with Crippen LogP contribution in [0.3, 0.4) is 0 Å². The van der Waals surface area contributed by atoms with Crippen LogP contribution in [0.15, 0.2) is 27.6 Å². The Morgan fingerprint density at radius 3 is 2.47 bits per heavy atom. The Bertz CT molecular complexity index is 1020. The van der Waals surface area contributed by atoms with Gasteiger partial charge in [0.2, 0.25) is 10.0 Å². The number of halogens is 1. The van der Waals surface area contributed by atoms with E-state index in [1.54, 1.807) is 20.9 Å². The summed E-state index contributed by atoms with van der Waals surface area (Å²) in [4.78, 5) is 14.4. The Morgan fingerprint density at radius 2 is 1.90 bits per heavy atom. The highest BCUT2D eigenvalue weighted by Gasteiger charge is 2.34. The van der Waals surface area contributed by atoms with E-state index in [-0.39, 0.29) is 46.7 Å². The maximum Gasteiger partial charge on any atom is 0.253 e. The molecule has 0 spiro atoms. The first-order valence-electron chi connectivity index (χ1n) is 9.63. The third-order valence-electron chi connectivity index (χ3n) is 5.11. The van der Waals surface area contributed by atoms with Gasteiger partial charge in [-0.25, -0.2) is 8.42 Å². The highest BCUT2D eigenvalue weighted by atomic mass is 35.5. The summed E-state index contributed by atoms with van der Waals surface area (Å²) >= 11 is 6.23. The summed E-state index contributed by atoms with van der Waals surface area (Å²) in [6.45, 7) is 7.99. The molecular weight excluding hydrogens is 430 g/mol. The minimum Gasteiger partial charge on any atom is -0.373 e. The molecule has 8 nitrogen and oxygen atoms in total. The van der Waals surface area contributed by atoms with Gasteiger partial charge in [-0.3, -0.25) is 4.79 Å². The normalized spacial score (nSPS) is 20.3. The first kappa shape index (κ1) is 22.7. The molecular formula is C20H26ClN3O5S. The van der Waals surface area contributed by atoms with Crippen LogP contribution in [-0.2, 0) is 21.3 Å². The molecule has 1 amide bonds. The number of sulfonamides is 1. The van der Waals surface area contributed by atoms with Crippen molar-refractivity contribution in [3.63, 3.8) is 0 Å². The maximum atomic E-state index is 13.2. The number of aryl methyl sites for hydroxylation is 2. The number of nitrogens with zero attached hydrogens (tertiary/aromatic N) is 3.